The number of guanidine groups is 1. The number of nitrogens with one attached hydrogen (secondary N) is 3. The Balaban J connectivity index is 5.50. The third kappa shape index (κ3) is 14.0. The maximum atomic E-state index is 12.9. The van der Waals surface area contributed by atoms with Gasteiger partial charge in [0, 0.05) is 18.7 Å². The molecule has 0 heterocycles. The highest BCUT2D eigenvalue weighted by atomic mass is 32.1. The molecular formula is C20H37N7O7S. The first-order valence-electron chi connectivity index (χ1n) is 11.1. The van der Waals surface area contributed by atoms with Crippen LogP contribution in [0.2, 0.25) is 0 Å². The lowest BCUT2D eigenvalue weighted by Gasteiger charge is -2.25. The average Bonchev–Trinajstić information content (AvgIpc) is 2.76. The number of carbonyl (C=O) groups is 5. The Labute approximate surface area is 209 Å². The molecule has 200 valence electrons. The summed E-state index contributed by atoms with van der Waals surface area (Å²) in [7, 11) is 0. The number of rotatable bonds is 17. The van der Waals surface area contributed by atoms with Gasteiger partial charge in [-0.3, -0.25) is 24.2 Å². The summed E-state index contributed by atoms with van der Waals surface area (Å²) in [5.41, 5.74) is 16.1. The summed E-state index contributed by atoms with van der Waals surface area (Å²) in [6.45, 7) is 3.78. The molecule has 0 aliphatic carbocycles. The van der Waals surface area contributed by atoms with E-state index in [1.165, 1.54) is 0 Å². The van der Waals surface area contributed by atoms with Crippen LogP contribution in [0.4, 0.5) is 0 Å². The lowest BCUT2D eigenvalue weighted by atomic mass is 10.0. The Hall–Kier alpha value is -3.07. The van der Waals surface area contributed by atoms with Gasteiger partial charge in [0.1, 0.15) is 18.1 Å². The first-order valence-corrected chi connectivity index (χ1v) is 11.7. The normalized spacial score (nSPS) is 14.2. The molecule has 0 aromatic heterocycles. The van der Waals surface area contributed by atoms with Gasteiger partial charge in [0.25, 0.3) is 0 Å². The van der Waals surface area contributed by atoms with E-state index < -0.39 is 60.2 Å². The molecule has 0 aliphatic rings. The molecule has 0 saturated heterocycles. The van der Waals surface area contributed by atoms with Crippen molar-refractivity contribution in [2.75, 3.05) is 12.3 Å². The number of aliphatic carboxylic acids is 2. The zero-order chi connectivity index (χ0) is 27.1. The van der Waals surface area contributed by atoms with Crippen LogP contribution in [0, 0.1) is 5.92 Å². The Morgan fingerprint density at radius 2 is 1.43 bits per heavy atom. The zero-order valence-corrected chi connectivity index (χ0v) is 20.8. The Kier molecular flexibility index (Phi) is 15.1. The topological polar surface area (TPSA) is 252 Å². The Morgan fingerprint density at radius 3 is 1.91 bits per heavy atom. The summed E-state index contributed by atoms with van der Waals surface area (Å²) in [5, 5.41) is 25.7. The van der Waals surface area contributed by atoms with Gasteiger partial charge in [-0.2, -0.15) is 12.6 Å². The van der Waals surface area contributed by atoms with E-state index in [1.54, 1.807) is 0 Å². The maximum absolute atomic E-state index is 12.9. The third-order valence-corrected chi connectivity index (χ3v) is 5.11. The van der Waals surface area contributed by atoms with Crippen LogP contribution in [0.3, 0.4) is 0 Å². The summed E-state index contributed by atoms with van der Waals surface area (Å²) in [4.78, 5) is 64.3. The lowest BCUT2D eigenvalue weighted by Crippen LogP contribution is -2.57. The molecular weight excluding hydrogens is 482 g/mol. The van der Waals surface area contributed by atoms with Gasteiger partial charge >= 0.3 is 11.9 Å². The van der Waals surface area contributed by atoms with E-state index in [0.29, 0.717) is 0 Å². The monoisotopic (exact) mass is 519 g/mol. The molecule has 4 unspecified atom stereocenters. The van der Waals surface area contributed by atoms with Crippen molar-refractivity contribution in [3.63, 3.8) is 0 Å². The molecule has 14 nitrogen and oxygen atoms in total. The highest BCUT2D eigenvalue weighted by Crippen LogP contribution is 2.08. The van der Waals surface area contributed by atoms with E-state index in [1.807, 2.05) is 13.8 Å². The molecule has 3 amide bonds. The quantitative estimate of drug-likeness (QED) is 0.0431. The van der Waals surface area contributed by atoms with E-state index in [9.17, 15) is 29.1 Å². The number of carboxylic acid groups (broad SMARTS) is 2. The maximum Gasteiger partial charge on any atom is 0.326 e. The van der Waals surface area contributed by atoms with E-state index in [2.05, 4.69) is 33.6 Å². The average molecular weight is 520 g/mol. The fraction of sp³-hybridized carbons (Fsp3) is 0.700. The van der Waals surface area contributed by atoms with Crippen molar-refractivity contribution in [3.8, 4) is 0 Å². The predicted octanol–water partition coefficient (Wildman–Crippen LogP) is -2.25. The summed E-state index contributed by atoms with van der Waals surface area (Å²) in [6.07, 6.45) is -0.314. The molecule has 4 atom stereocenters. The van der Waals surface area contributed by atoms with Crippen molar-refractivity contribution in [3.05, 3.63) is 0 Å². The minimum atomic E-state index is -1.36. The number of hydrogen-bond donors (Lipinski definition) is 9. The number of nitrogens with two attached hydrogens (primary N) is 3. The molecule has 35 heavy (non-hydrogen) atoms. The first kappa shape index (κ1) is 31.9. The molecule has 0 spiro atoms. The van der Waals surface area contributed by atoms with Crippen LogP contribution in [0.15, 0.2) is 4.99 Å². The second-order valence-electron chi connectivity index (χ2n) is 8.32. The second-order valence-corrected chi connectivity index (χ2v) is 8.69. The highest BCUT2D eigenvalue weighted by Gasteiger charge is 2.30. The van der Waals surface area contributed by atoms with Crippen LogP contribution in [0.5, 0.6) is 0 Å². The molecule has 11 N–H and O–H groups in total. The van der Waals surface area contributed by atoms with E-state index in [4.69, 9.17) is 22.3 Å². The lowest BCUT2D eigenvalue weighted by molar-refractivity contribution is -0.143. The van der Waals surface area contributed by atoms with Crippen LogP contribution in [-0.4, -0.2) is 82.3 Å². The van der Waals surface area contributed by atoms with Crippen LogP contribution in [0.1, 0.15) is 46.0 Å². The van der Waals surface area contributed by atoms with Gasteiger partial charge in [-0.15, -0.1) is 0 Å². The predicted molar refractivity (Wildman–Crippen MR) is 131 cm³/mol. The molecule has 0 saturated carbocycles. The van der Waals surface area contributed by atoms with Crippen molar-refractivity contribution in [2.24, 2.45) is 28.1 Å². The fourth-order valence-electron chi connectivity index (χ4n) is 2.91. The van der Waals surface area contributed by atoms with Crippen molar-refractivity contribution in [2.45, 2.75) is 70.1 Å². The molecule has 0 radical (unpaired) electrons. The molecule has 15 heteroatoms. The summed E-state index contributed by atoms with van der Waals surface area (Å²) < 4.78 is 0. The van der Waals surface area contributed by atoms with Gasteiger partial charge in [-0.05, 0) is 31.6 Å². The van der Waals surface area contributed by atoms with Crippen molar-refractivity contribution in [1.29, 1.82) is 0 Å². The van der Waals surface area contributed by atoms with Crippen LogP contribution in [0.25, 0.3) is 0 Å². The van der Waals surface area contributed by atoms with Gasteiger partial charge in [0.15, 0.2) is 5.96 Å². The van der Waals surface area contributed by atoms with Crippen molar-refractivity contribution in [1.82, 2.24) is 16.0 Å². The van der Waals surface area contributed by atoms with Gasteiger partial charge in [0.2, 0.25) is 17.7 Å². The minimum Gasteiger partial charge on any atom is -0.481 e. The number of thiol groups is 1. The number of carbonyl (C=O) groups excluding carboxylic acids is 3. The Morgan fingerprint density at radius 1 is 0.886 bits per heavy atom. The molecule has 0 aromatic rings. The third-order valence-electron chi connectivity index (χ3n) is 4.71. The van der Waals surface area contributed by atoms with Crippen LogP contribution < -0.4 is 33.2 Å². The van der Waals surface area contributed by atoms with E-state index in [-0.39, 0.29) is 49.9 Å². The molecule has 0 fully saturated rings. The Bertz CT molecular complexity index is 775. The standard InChI is InChI=1S/C20H37N7O7S/c1-10(2)8-14(27-16(30)11(21)9-35)18(32)25-12(5-6-15(28)29)17(31)26-13(19(33)34)4-3-7-24-20(22)23/h10-14,35H,3-9,21H2,1-2H3,(H,25,32)(H,26,31)(H,27,30)(H,28,29)(H,33,34)(H4,22,23,24). The van der Waals surface area contributed by atoms with Gasteiger partial charge in [-0.25, -0.2) is 4.79 Å². The van der Waals surface area contributed by atoms with Crippen molar-refractivity contribution < 1.29 is 34.2 Å². The summed E-state index contributed by atoms with van der Waals surface area (Å²) in [6, 6.07) is -4.69. The first-order chi connectivity index (χ1) is 16.3. The van der Waals surface area contributed by atoms with E-state index >= 15 is 0 Å². The largest absolute Gasteiger partial charge is 0.481 e. The number of amides is 3. The minimum absolute atomic E-state index is 0.00883. The number of nitrogens with zero attached hydrogens (tertiary/aromatic N) is 1. The van der Waals surface area contributed by atoms with Crippen LogP contribution in [-0.2, 0) is 24.0 Å². The molecule has 0 aromatic carbocycles. The summed E-state index contributed by atoms with van der Waals surface area (Å²) in [5.74, 6) is -4.89. The smallest absolute Gasteiger partial charge is 0.326 e. The van der Waals surface area contributed by atoms with Gasteiger partial charge in [-0.1, -0.05) is 13.8 Å². The second kappa shape index (κ2) is 16.5. The highest BCUT2D eigenvalue weighted by molar-refractivity contribution is 7.80. The molecule has 0 bridgehead atoms. The van der Waals surface area contributed by atoms with E-state index in [0.717, 1.165) is 0 Å². The fourth-order valence-corrected chi connectivity index (χ4v) is 3.07. The van der Waals surface area contributed by atoms with Crippen molar-refractivity contribution >= 4 is 48.2 Å². The SMILES string of the molecule is CC(C)CC(NC(=O)C(N)CS)C(=O)NC(CCC(=O)O)C(=O)NC(CCCN=C(N)N)C(=O)O. The number of aliphatic imine (C=N–C) groups is 1. The van der Waals surface area contributed by atoms with Gasteiger partial charge in [0.05, 0.1) is 6.04 Å². The molecule has 0 rings (SSSR count). The zero-order valence-electron chi connectivity index (χ0n) is 19.9. The number of carboxylic acids is 2. The molecule has 0 aliphatic heterocycles. The summed E-state index contributed by atoms with van der Waals surface area (Å²) >= 11 is 3.95. The van der Waals surface area contributed by atoms with Gasteiger partial charge < -0.3 is 43.4 Å². The number of hydrogen-bond acceptors (Lipinski definition) is 8. The van der Waals surface area contributed by atoms with Crippen LogP contribution >= 0.6 is 12.6 Å².